The van der Waals surface area contributed by atoms with Gasteiger partial charge in [-0.15, -0.1) is 0 Å². The highest BCUT2D eigenvalue weighted by molar-refractivity contribution is 7.99. The smallest absolute Gasteiger partial charge is 0.269 e. The summed E-state index contributed by atoms with van der Waals surface area (Å²) in [5, 5.41) is 11.1. The van der Waals surface area contributed by atoms with Crippen molar-refractivity contribution in [2.75, 3.05) is 5.75 Å². The quantitative estimate of drug-likeness (QED) is 0.237. The molecule has 6 nitrogen and oxygen atoms in total. The minimum Gasteiger partial charge on any atom is -1.00 e. The van der Waals surface area contributed by atoms with Crippen LogP contribution in [0.15, 0.2) is 35.5 Å². The molecular formula is C14H13BrN3O3S-. The number of carbonyl (C=O) groups excluding carboxylic acids is 1. The molecule has 0 amide bonds. The van der Waals surface area contributed by atoms with E-state index < -0.39 is 4.92 Å². The van der Waals surface area contributed by atoms with Crippen LogP contribution in [-0.4, -0.2) is 26.4 Å². The molecule has 0 bridgehead atoms. The van der Waals surface area contributed by atoms with Crippen molar-refractivity contribution in [3.05, 3.63) is 57.4 Å². The molecule has 0 saturated heterocycles. The molecule has 1 heterocycles. The van der Waals surface area contributed by atoms with Crippen molar-refractivity contribution >= 4 is 23.2 Å². The highest BCUT2D eigenvalue weighted by Crippen LogP contribution is 2.18. The third-order valence-electron chi connectivity index (χ3n) is 2.69. The van der Waals surface area contributed by atoms with E-state index in [2.05, 4.69) is 9.97 Å². The summed E-state index contributed by atoms with van der Waals surface area (Å²) >= 11 is 1.26. The molecule has 0 N–H and O–H groups in total. The summed E-state index contributed by atoms with van der Waals surface area (Å²) in [5.74, 6) is 0.0819. The van der Waals surface area contributed by atoms with E-state index in [4.69, 9.17) is 0 Å². The van der Waals surface area contributed by atoms with E-state index in [1.54, 1.807) is 0 Å². The monoisotopic (exact) mass is 382 g/mol. The van der Waals surface area contributed by atoms with E-state index in [1.807, 2.05) is 19.9 Å². The normalized spacial score (nSPS) is 9.91. The van der Waals surface area contributed by atoms with Crippen LogP contribution in [0.3, 0.4) is 0 Å². The molecule has 0 fully saturated rings. The van der Waals surface area contributed by atoms with Crippen LogP contribution in [0.2, 0.25) is 0 Å². The van der Waals surface area contributed by atoms with Gasteiger partial charge in [-0.3, -0.25) is 14.9 Å². The molecule has 2 aromatic rings. The van der Waals surface area contributed by atoms with Crippen molar-refractivity contribution in [2.45, 2.75) is 19.0 Å². The molecule has 0 spiro atoms. The number of aryl methyl sites for hydroxylation is 2. The molecule has 22 heavy (non-hydrogen) atoms. The topological polar surface area (TPSA) is 86.0 Å². The Kier molecular flexibility index (Phi) is 6.63. The van der Waals surface area contributed by atoms with Gasteiger partial charge in [0.2, 0.25) is 0 Å². The van der Waals surface area contributed by atoms with Crippen LogP contribution in [0.5, 0.6) is 0 Å². The maximum atomic E-state index is 12.0. The number of nitro benzene ring substituents is 1. The second-order valence-corrected chi connectivity index (χ2v) is 5.39. The average molecular weight is 383 g/mol. The maximum absolute atomic E-state index is 12.0. The summed E-state index contributed by atoms with van der Waals surface area (Å²) < 4.78 is 0. The van der Waals surface area contributed by atoms with Crippen LogP contribution >= 0.6 is 11.8 Å². The molecule has 0 atom stereocenters. The van der Waals surface area contributed by atoms with Gasteiger partial charge in [0.15, 0.2) is 10.9 Å². The van der Waals surface area contributed by atoms with Crippen molar-refractivity contribution in [2.24, 2.45) is 0 Å². The van der Waals surface area contributed by atoms with Crippen LogP contribution < -0.4 is 17.0 Å². The summed E-state index contributed by atoms with van der Waals surface area (Å²) in [6, 6.07) is 7.44. The van der Waals surface area contributed by atoms with E-state index >= 15 is 0 Å². The highest BCUT2D eigenvalue weighted by atomic mass is 79.9. The van der Waals surface area contributed by atoms with Crippen LogP contribution in [0, 0.1) is 24.0 Å². The second-order valence-electron chi connectivity index (χ2n) is 4.45. The molecule has 1 aromatic heterocycles. The third kappa shape index (κ3) is 4.88. The summed E-state index contributed by atoms with van der Waals surface area (Å²) in [6.07, 6.45) is 0. The Morgan fingerprint density at radius 3 is 2.23 bits per heavy atom. The molecule has 0 aliphatic heterocycles. The van der Waals surface area contributed by atoms with E-state index in [1.165, 1.54) is 36.0 Å². The number of hydrogen-bond donors (Lipinski definition) is 0. The number of rotatable bonds is 5. The number of nitrogens with zero attached hydrogens (tertiary/aromatic N) is 3. The van der Waals surface area contributed by atoms with Crippen LogP contribution in [0.25, 0.3) is 0 Å². The first-order valence-corrected chi connectivity index (χ1v) is 7.17. The second kappa shape index (κ2) is 8.00. The summed E-state index contributed by atoms with van der Waals surface area (Å²) in [5.41, 5.74) is 2.12. The number of halogens is 1. The van der Waals surface area contributed by atoms with Gasteiger partial charge in [0.1, 0.15) is 0 Å². The fraction of sp³-hybridized carbons (Fsp3) is 0.214. The lowest BCUT2D eigenvalue weighted by atomic mass is 10.1. The van der Waals surface area contributed by atoms with E-state index in [9.17, 15) is 14.9 Å². The predicted octanol–water partition coefficient (Wildman–Crippen LogP) is -0.0194. The predicted molar refractivity (Wildman–Crippen MR) is 79.7 cm³/mol. The zero-order chi connectivity index (χ0) is 15.4. The lowest BCUT2D eigenvalue weighted by Gasteiger charge is -2.03. The number of hydrogen-bond acceptors (Lipinski definition) is 6. The molecule has 0 aliphatic rings. The van der Waals surface area contributed by atoms with Gasteiger partial charge < -0.3 is 17.0 Å². The maximum Gasteiger partial charge on any atom is 0.269 e. The number of aromatic nitrogens is 2. The van der Waals surface area contributed by atoms with Crippen molar-refractivity contribution in [1.29, 1.82) is 0 Å². The molecule has 116 valence electrons. The molecule has 0 saturated carbocycles. The average Bonchev–Trinajstić information content (AvgIpc) is 2.44. The Hall–Kier alpha value is -1.80. The zero-order valence-electron chi connectivity index (χ0n) is 11.9. The Morgan fingerprint density at radius 1 is 1.18 bits per heavy atom. The van der Waals surface area contributed by atoms with Gasteiger partial charge in [-0.1, -0.05) is 11.8 Å². The number of thioether (sulfide) groups is 1. The first-order valence-electron chi connectivity index (χ1n) is 6.18. The largest absolute Gasteiger partial charge is 1.00 e. The van der Waals surface area contributed by atoms with Crippen LogP contribution in [0.4, 0.5) is 5.69 Å². The van der Waals surface area contributed by atoms with Crippen molar-refractivity contribution in [3.8, 4) is 0 Å². The van der Waals surface area contributed by atoms with Crippen molar-refractivity contribution < 1.29 is 26.7 Å². The SMILES string of the molecule is Cc1cc(C)nc(SCC(=O)c2ccc([N+](=O)[O-])cc2)n1.[Br-]. The van der Waals surface area contributed by atoms with Gasteiger partial charge in [-0.05, 0) is 32.0 Å². The Morgan fingerprint density at radius 2 is 1.73 bits per heavy atom. The van der Waals surface area contributed by atoms with E-state index in [-0.39, 0.29) is 34.2 Å². The lowest BCUT2D eigenvalue weighted by Crippen LogP contribution is -3.00. The Labute approximate surface area is 142 Å². The fourth-order valence-corrected chi connectivity index (χ4v) is 2.58. The zero-order valence-corrected chi connectivity index (χ0v) is 14.3. The minimum atomic E-state index is -0.494. The minimum absolute atomic E-state index is 0. The van der Waals surface area contributed by atoms with Crippen LogP contribution in [-0.2, 0) is 0 Å². The van der Waals surface area contributed by atoms with Gasteiger partial charge in [0, 0.05) is 29.1 Å². The Bertz CT molecular complexity index is 672. The summed E-state index contributed by atoms with van der Waals surface area (Å²) in [7, 11) is 0. The third-order valence-corrected chi connectivity index (χ3v) is 3.54. The molecular weight excluding hydrogens is 370 g/mol. The lowest BCUT2D eigenvalue weighted by molar-refractivity contribution is -0.384. The summed E-state index contributed by atoms with van der Waals surface area (Å²) in [4.78, 5) is 30.6. The van der Waals surface area contributed by atoms with Gasteiger partial charge in [0.25, 0.3) is 5.69 Å². The fourth-order valence-electron chi connectivity index (χ4n) is 1.74. The first-order chi connectivity index (χ1) is 9.95. The van der Waals surface area contributed by atoms with E-state index in [0.29, 0.717) is 10.7 Å². The van der Waals surface area contributed by atoms with Gasteiger partial charge in [-0.2, -0.15) is 0 Å². The molecule has 0 radical (unpaired) electrons. The molecule has 8 heteroatoms. The number of nitro groups is 1. The number of non-ortho nitro benzene ring substituents is 1. The van der Waals surface area contributed by atoms with E-state index in [0.717, 1.165) is 11.4 Å². The standard InChI is InChI=1S/C14H13N3O3S.BrH/c1-9-7-10(2)16-14(15-9)21-8-13(18)11-3-5-12(6-4-11)17(19)20;/h3-7H,8H2,1-2H3;1H/p-1. The van der Waals surface area contributed by atoms with Gasteiger partial charge in [-0.25, -0.2) is 9.97 Å². The van der Waals surface area contributed by atoms with Gasteiger partial charge >= 0.3 is 0 Å². The number of benzene rings is 1. The van der Waals surface area contributed by atoms with Crippen LogP contribution in [0.1, 0.15) is 21.7 Å². The number of carbonyl (C=O) groups is 1. The molecule has 1 aromatic carbocycles. The number of Topliss-reactive ketones (excluding diaryl/α,β-unsaturated/α-hetero) is 1. The highest BCUT2D eigenvalue weighted by Gasteiger charge is 2.11. The Balaban J connectivity index is 0.00000242. The number of ketones is 1. The molecule has 0 unspecified atom stereocenters. The van der Waals surface area contributed by atoms with Crippen molar-refractivity contribution in [1.82, 2.24) is 9.97 Å². The van der Waals surface area contributed by atoms with Gasteiger partial charge in [0.05, 0.1) is 10.7 Å². The summed E-state index contributed by atoms with van der Waals surface area (Å²) in [6.45, 7) is 3.74. The molecule has 2 rings (SSSR count). The van der Waals surface area contributed by atoms with Crippen molar-refractivity contribution in [3.63, 3.8) is 0 Å². The molecule has 0 aliphatic carbocycles. The first kappa shape index (κ1) is 18.2.